The number of rotatable bonds is 7. The molecule has 1 aromatic carbocycles. The summed E-state index contributed by atoms with van der Waals surface area (Å²) in [6.07, 6.45) is 4.88. The Hall–Kier alpha value is -3.71. The summed E-state index contributed by atoms with van der Waals surface area (Å²) >= 11 is 0. The quantitative estimate of drug-likeness (QED) is 0.460. The number of hydrogen-bond donors (Lipinski definition) is 2. The van der Waals surface area contributed by atoms with Crippen LogP contribution in [0.1, 0.15) is 34.1 Å². The third-order valence-corrected chi connectivity index (χ3v) is 5.13. The smallest absolute Gasteiger partial charge is 0.265 e. The summed E-state index contributed by atoms with van der Waals surface area (Å²) < 4.78 is 6.89. The molecule has 0 aliphatic rings. The predicted molar refractivity (Wildman–Crippen MR) is 112 cm³/mol. The first-order valence-electron chi connectivity index (χ1n) is 9.56. The van der Waals surface area contributed by atoms with Gasteiger partial charge >= 0.3 is 0 Å². The van der Waals surface area contributed by atoms with Crippen molar-refractivity contribution in [2.45, 2.75) is 19.0 Å². The van der Waals surface area contributed by atoms with E-state index in [0.717, 1.165) is 5.56 Å². The number of aryl methyl sites for hydroxylation is 1. The van der Waals surface area contributed by atoms with Gasteiger partial charge in [0.25, 0.3) is 5.56 Å². The molecule has 152 valence electrons. The van der Waals surface area contributed by atoms with E-state index in [0.29, 0.717) is 23.2 Å². The number of aromatic nitrogens is 2. The average molecular weight is 403 g/mol. The minimum absolute atomic E-state index is 0.0419. The van der Waals surface area contributed by atoms with Crippen LogP contribution in [0.15, 0.2) is 76.4 Å². The molecule has 7 nitrogen and oxygen atoms in total. The first-order chi connectivity index (χ1) is 14.6. The maximum Gasteiger partial charge on any atom is 0.265 e. The fourth-order valence-electron chi connectivity index (χ4n) is 3.52. The highest BCUT2D eigenvalue weighted by Gasteiger charge is 2.25. The summed E-state index contributed by atoms with van der Waals surface area (Å²) in [6.45, 7) is 0.489. The molecular formula is C23H21N3O4. The number of fused-ring (bicyclic) bond motifs is 1. The second-order valence-electron chi connectivity index (χ2n) is 7.04. The molecule has 0 saturated heterocycles. The standard InChI is InChI=1S/C23H21N3O4/c1-26-18-6-3-2-5-16(18)22(28)21(23(26)29)19(27)13-17(20-7-4-12-30-20)25-14-15-8-10-24-11-9-15/h2-12,17,25,28H,13-14H2,1H3/t17-/m1/s1. The molecule has 0 aliphatic heterocycles. The Labute approximate surface area is 172 Å². The van der Waals surface area contributed by atoms with Gasteiger partial charge in [0.1, 0.15) is 17.1 Å². The minimum Gasteiger partial charge on any atom is -0.506 e. The second kappa shape index (κ2) is 8.34. The summed E-state index contributed by atoms with van der Waals surface area (Å²) in [6, 6.07) is 13.7. The van der Waals surface area contributed by atoms with Crippen molar-refractivity contribution in [1.29, 1.82) is 0 Å². The van der Waals surface area contributed by atoms with E-state index < -0.39 is 17.4 Å². The molecule has 30 heavy (non-hydrogen) atoms. The van der Waals surface area contributed by atoms with Crippen LogP contribution in [0.5, 0.6) is 5.75 Å². The van der Waals surface area contributed by atoms with E-state index in [1.165, 1.54) is 10.8 Å². The van der Waals surface area contributed by atoms with Gasteiger partial charge < -0.3 is 19.4 Å². The highest BCUT2D eigenvalue weighted by molar-refractivity contribution is 6.03. The van der Waals surface area contributed by atoms with Crippen molar-refractivity contribution in [3.05, 3.63) is 94.4 Å². The van der Waals surface area contributed by atoms with E-state index >= 15 is 0 Å². The number of carbonyl (C=O) groups excluding carboxylic acids is 1. The predicted octanol–water partition coefficient (Wildman–Crippen LogP) is 3.34. The van der Waals surface area contributed by atoms with Crippen LogP contribution in [0.3, 0.4) is 0 Å². The maximum atomic E-state index is 13.1. The second-order valence-corrected chi connectivity index (χ2v) is 7.04. The Balaban J connectivity index is 1.65. The molecule has 2 N–H and O–H groups in total. The lowest BCUT2D eigenvalue weighted by Crippen LogP contribution is -2.28. The van der Waals surface area contributed by atoms with Crippen LogP contribution in [0, 0.1) is 0 Å². The Morgan fingerprint density at radius 3 is 2.67 bits per heavy atom. The molecule has 3 aromatic heterocycles. The molecule has 0 unspecified atom stereocenters. The summed E-state index contributed by atoms with van der Waals surface area (Å²) in [5.74, 6) is -0.164. The van der Waals surface area contributed by atoms with Crippen molar-refractivity contribution in [1.82, 2.24) is 14.9 Å². The topological polar surface area (TPSA) is 97.4 Å². The molecule has 4 aromatic rings. The minimum atomic E-state index is -0.525. The number of ketones is 1. The number of nitrogens with zero attached hydrogens (tertiary/aromatic N) is 2. The Morgan fingerprint density at radius 1 is 1.17 bits per heavy atom. The van der Waals surface area contributed by atoms with Gasteiger partial charge in [-0.05, 0) is 42.0 Å². The molecule has 0 saturated carbocycles. The fraction of sp³-hybridized carbons (Fsp3) is 0.174. The van der Waals surface area contributed by atoms with Crippen molar-refractivity contribution in [3.8, 4) is 5.75 Å². The zero-order valence-corrected chi connectivity index (χ0v) is 16.4. The number of para-hydroxylation sites is 1. The Morgan fingerprint density at radius 2 is 1.93 bits per heavy atom. The highest BCUT2D eigenvalue weighted by atomic mass is 16.3. The molecule has 4 rings (SSSR count). The van der Waals surface area contributed by atoms with E-state index in [4.69, 9.17) is 4.42 Å². The Kier molecular flexibility index (Phi) is 5.45. The molecular weight excluding hydrogens is 382 g/mol. The van der Waals surface area contributed by atoms with Gasteiger partial charge in [0, 0.05) is 37.8 Å². The molecule has 0 spiro atoms. The molecule has 1 atom stereocenters. The number of pyridine rings is 2. The molecule has 0 radical (unpaired) electrons. The molecule has 7 heteroatoms. The van der Waals surface area contributed by atoms with Crippen molar-refractivity contribution in [3.63, 3.8) is 0 Å². The van der Waals surface area contributed by atoms with Gasteiger partial charge in [-0.2, -0.15) is 0 Å². The normalized spacial score (nSPS) is 12.2. The van der Waals surface area contributed by atoms with Gasteiger partial charge in [-0.3, -0.25) is 14.6 Å². The van der Waals surface area contributed by atoms with Crippen molar-refractivity contribution < 1.29 is 14.3 Å². The van der Waals surface area contributed by atoms with Crippen LogP contribution >= 0.6 is 0 Å². The van der Waals surface area contributed by atoms with E-state index in [2.05, 4.69) is 10.3 Å². The van der Waals surface area contributed by atoms with Crippen molar-refractivity contribution in [2.24, 2.45) is 7.05 Å². The largest absolute Gasteiger partial charge is 0.506 e. The number of aromatic hydroxyl groups is 1. The fourth-order valence-corrected chi connectivity index (χ4v) is 3.52. The summed E-state index contributed by atoms with van der Waals surface area (Å²) in [7, 11) is 1.59. The van der Waals surface area contributed by atoms with Crippen LogP contribution in [0.25, 0.3) is 10.9 Å². The van der Waals surface area contributed by atoms with E-state index in [9.17, 15) is 14.7 Å². The molecule has 0 amide bonds. The molecule has 0 bridgehead atoms. The average Bonchev–Trinajstić information content (AvgIpc) is 3.31. The van der Waals surface area contributed by atoms with Crippen LogP contribution < -0.4 is 10.9 Å². The monoisotopic (exact) mass is 403 g/mol. The first-order valence-corrected chi connectivity index (χ1v) is 9.56. The zero-order valence-electron chi connectivity index (χ0n) is 16.4. The number of benzene rings is 1. The third-order valence-electron chi connectivity index (χ3n) is 5.13. The summed E-state index contributed by atoms with van der Waals surface area (Å²) in [5, 5.41) is 14.4. The number of furan rings is 1. The van der Waals surface area contributed by atoms with Crippen LogP contribution in [0.2, 0.25) is 0 Å². The Bertz CT molecular complexity index is 1230. The lowest BCUT2D eigenvalue weighted by atomic mass is 10.00. The molecule has 0 aliphatic carbocycles. The molecule has 0 fully saturated rings. The van der Waals surface area contributed by atoms with Crippen LogP contribution in [-0.4, -0.2) is 20.4 Å². The number of nitrogens with one attached hydrogen (secondary N) is 1. The highest BCUT2D eigenvalue weighted by Crippen LogP contribution is 2.28. The van der Waals surface area contributed by atoms with Crippen molar-refractivity contribution in [2.75, 3.05) is 0 Å². The van der Waals surface area contributed by atoms with Gasteiger partial charge in [0.2, 0.25) is 0 Å². The lowest BCUT2D eigenvalue weighted by molar-refractivity contribution is 0.0959. The van der Waals surface area contributed by atoms with Gasteiger partial charge in [0.05, 0.1) is 17.8 Å². The maximum absolute atomic E-state index is 13.1. The number of carbonyl (C=O) groups is 1. The molecule has 3 heterocycles. The van der Waals surface area contributed by atoms with E-state index in [1.807, 2.05) is 12.1 Å². The van der Waals surface area contributed by atoms with Gasteiger partial charge in [-0.15, -0.1) is 0 Å². The summed E-state index contributed by atoms with van der Waals surface area (Å²) in [4.78, 5) is 30.0. The first kappa shape index (κ1) is 19.6. The van der Waals surface area contributed by atoms with Gasteiger partial charge in [-0.25, -0.2) is 0 Å². The van der Waals surface area contributed by atoms with E-state index in [-0.39, 0.29) is 17.7 Å². The van der Waals surface area contributed by atoms with Crippen molar-refractivity contribution >= 4 is 16.7 Å². The van der Waals surface area contributed by atoms with E-state index in [1.54, 1.807) is 55.8 Å². The summed E-state index contributed by atoms with van der Waals surface area (Å²) in [5.41, 5.74) is 0.829. The lowest BCUT2D eigenvalue weighted by Gasteiger charge is -2.17. The SMILES string of the molecule is Cn1c(=O)c(C(=O)C[C@@H](NCc2ccncc2)c2ccco2)c(O)c2ccccc21. The van der Waals surface area contributed by atoms with Gasteiger partial charge in [0.15, 0.2) is 5.78 Å². The zero-order chi connectivity index (χ0) is 21.1. The van der Waals surface area contributed by atoms with Gasteiger partial charge in [-0.1, -0.05) is 12.1 Å². The number of hydrogen-bond acceptors (Lipinski definition) is 6. The third kappa shape index (κ3) is 3.75. The van der Waals surface area contributed by atoms with Crippen LogP contribution in [0.4, 0.5) is 0 Å². The van der Waals surface area contributed by atoms with Crippen LogP contribution in [-0.2, 0) is 13.6 Å². The number of Topliss-reactive ketones (excluding diaryl/α,β-unsaturated/α-hetero) is 1.